The molecular formula is C14H17BrN2S. The van der Waals surface area contributed by atoms with Crippen molar-refractivity contribution in [2.75, 3.05) is 7.05 Å². The van der Waals surface area contributed by atoms with Gasteiger partial charge < -0.3 is 5.32 Å². The lowest BCUT2D eigenvalue weighted by molar-refractivity contribution is 0.795. The summed E-state index contributed by atoms with van der Waals surface area (Å²) in [5.74, 6) is 0. The third-order valence-electron chi connectivity index (χ3n) is 3.28. The average Bonchev–Trinajstić information content (AvgIpc) is 2.68. The summed E-state index contributed by atoms with van der Waals surface area (Å²) < 4.78 is 1.12. The van der Waals surface area contributed by atoms with Crippen molar-refractivity contribution in [3.05, 3.63) is 38.3 Å². The van der Waals surface area contributed by atoms with Crippen LogP contribution >= 0.6 is 27.3 Å². The van der Waals surface area contributed by atoms with Crippen LogP contribution in [0.1, 0.15) is 22.4 Å². The van der Waals surface area contributed by atoms with Gasteiger partial charge in [-0.2, -0.15) is 0 Å². The van der Waals surface area contributed by atoms with Gasteiger partial charge in [-0.15, -0.1) is 11.3 Å². The highest BCUT2D eigenvalue weighted by Gasteiger charge is 2.13. The zero-order valence-corrected chi connectivity index (χ0v) is 13.5. The molecule has 0 aliphatic carbocycles. The molecule has 2 nitrogen and oxygen atoms in total. The number of halogens is 1. The maximum absolute atomic E-state index is 4.71. The molecule has 0 amide bonds. The third kappa shape index (κ3) is 2.51. The normalized spacial score (nSPS) is 10.9. The van der Waals surface area contributed by atoms with Gasteiger partial charge in [0.1, 0.15) is 5.01 Å². The van der Waals surface area contributed by atoms with Crippen LogP contribution in [0.3, 0.4) is 0 Å². The van der Waals surface area contributed by atoms with Gasteiger partial charge in [-0.3, -0.25) is 0 Å². The van der Waals surface area contributed by atoms with E-state index in [1.54, 1.807) is 11.3 Å². The number of benzene rings is 1. The minimum atomic E-state index is 0.793. The van der Waals surface area contributed by atoms with Crippen molar-refractivity contribution in [2.45, 2.75) is 27.3 Å². The van der Waals surface area contributed by atoms with E-state index < -0.39 is 0 Å². The maximum atomic E-state index is 4.71. The van der Waals surface area contributed by atoms with Crippen molar-refractivity contribution in [2.24, 2.45) is 0 Å². The number of aryl methyl sites for hydroxylation is 1. The van der Waals surface area contributed by atoms with Crippen molar-refractivity contribution in [1.82, 2.24) is 10.3 Å². The van der Waals surface area contributed by atoms with Gasteiger partial charge in [0.2, 0.25) is 0 Å². The summed E-state index contributed by atoms with van der Waals surface area (Å²) in [7, 11) is 1.94. The molecular weight excluding hydrogens is 308 g/mol. The first-order chi connectivity index (χ1) is 8.54. The van der Waals surface area contributed by atoms with Crippen LogP contribution in [0.5, 0.6) is 0 Å². The zero-order chi connectivity index (χ0) is 13.3. The highest BCUT2D eigenvalue weighted by atomic mass is 79.9. The van der Waals surface area contributed by atoms with E-state index in [1.165, 1.54) is 22.3 Å². The van der Waals surface area contributed by atoms with E-state index in [4.69, 9.17) is 4.98 Å². The lowest BCUT2D eigenvalue weighted by Gasteiger charge is -2.08. The third-order valence-corrected chi connectivity index (χ3v) is 5.14. The minimum absolute atomic E-state index is 0.793. The summed E-state index contributed by atoms with van der Waals surface area (Å²) in [6.45, 7) is 7.29. The molecule has 1 aromatic heterocycles. The second-order valence-electron chi connectivity index (χ2n) is 4.45. The Balaban J connectivity index is 2.49. The summed E-state index contributed by atoms with van der Waals surface area (Å²) in [6, 6.07) is 4.34. The predicted octanol–water partition coefficient (Wildman–Crippen LogP) is 4.22. The zero-order valence-electron chi connectivity index (χ0n) is 11.1. The van der Waals surface area contributed by atoms with Crippen LogP contribution in [-0.4, -0.2) is 12.0 Å². The molecule has 2 rings (SSSR count). The largest absolute Gasteiger partial charge is 0.314 e. The van der Waals surface area contributed by atoms with Crippen LogP contribution in [0.2, 0.25) is 0 Å². The molecule has 0 radical (unpaired) electrons. The van der Waals surface area contributed by atoms with E-state index in [9.17, 15) is 0 Å². The molecule has 0 saturated carbocycles. The molecule has 0 spiro atoms. The second kappa shape index (κ2) is 5.51. The monoisotopic (exact) mass is 324 g/mol. The van der Waals surface area contributed by atoms with Crippen LogP contribution < -0.4 is 5.32 Å². The molecule has 4 heteroatoms. The summed E-state index contributed by atoms with van der Waals surface area (Å²) in [4.78, 5) is 4.71. The summed E-state index contributed by atoms with van der Waals surface area (Å²) in [6.07, 6.45) is 0. The molecule has 0 unspecified atom stereocenters. The fraction of sp³-hybridized carbons (Fsp3) is 0.357. The standard InChI is InChI=1S/C14H17BrN2S/c1-8-5-6-11(10(3)9(8)2)14-17-12(7-16-4)13(15)18-14/h5-6,16H,7H2,1-4H3. The Morgan fingerprint density at radius 3 is 2.61 bits per heavy atom. The first-order valence-electron chi connectivity index (χ1n) is 5.91. The van der Waals surface area contributed by atoms with Crippen LogP contribution in [0, 0.1) is 20.8 Å². The molecule has 1 N–H and O–H groups in total. The number of hydrogen-bond acceptors (Lipinski definition) is 3. The fourth-order valence-corrected chi connectivity index (χ4v) is 3.49. The first-order valence-corrected chi connectivity index (χ1v) is 7.52. The molecule has 0 atom stereocenters. The van der Waals surface area contributed by atoms with Crippen molar-refractivity contribution in [1.29, 1.82) is 0 Å². The molecule has 0 saturated heterocycles. The Labute approximate surface area is 121 Å². The van der Waals surface area contributed by atoms with E-state index in [2.05, 4.69) is 54.2 Å². The number of thiazole rings is 1. The molecule has 18 heavy (non-hydrogen) atoms. The molecule has 0 aliphatic rings. The highest BCUT2D eigenvalue weighted by molar-refractivity contribution is 9.11. The molecule has 0 aliphatic heterocycles. The number of nitrogens with one attached hydrogen (secondary N) is 1. The van der Waals surface area contributed by atoms with Crippen LogP contribution in [0.15, 0.2) is 15.9 Å². The number of nitrogens with zero attached hydrogens (tertiary/aromatic N) is 1. The fourth-order valence-electron chi connectivity index (χ4n) is 1.91. The molecule has 1 aromatic carbocycles. The lowest BCUT2D eigenvalue weighted by atomic mass is 9.99. The van der Waals surface area contributed by atoms with Crippen LogP contribution in [0.25, 0.3) is 10.6 Å². The van der Waals surface area contributed by atoms with Gasteiger partial charge in [0, 0.05) is 12.1 Å². The van der Waals surface area contributed by atoms with E-state index in [1.807, 2.05) is 7.05 Å². The van der Waals surface area contributed by atoms with Crippen molar-refractivity contribution in [3.63, 3.8) is 0 Å². The van der Waals surface area contributed by atoms with Gasteiger partial charge in [-0.25, -0.2) is 4.98 Å². The van der Waals surface area contributed by atoms with E-state index in [0.717, 1.165) is 21.0 Å². The second-order valence-corrected chi connectivity index (χ2v) is 6.77. The van der Waals surface area contributed by atoms with E-state index in [-0.39, 0.29) is 0 Å². The molecule has 0 bridgehead atoms. The quantitative estimate of drug-likeness (QED) is 0.914. The van der Waals surface area contributed by atoms with Gasteiger partial charge in [0.05, 0.1) is 9.48 Å². The van der Waals surface area contributed by atoms with Crippen molar-refractivity contribution < 1.29 is 0 Å². The predicted molar refractivity (Wildman–Crippen MR) is 82.2 cm³/mol. The Bertz CT molecular complexity index is 575. The van der Waals surface area contributed by atoms with Crippen molar-refractivity contribution in [3.8, 4) is 10.6 Å². The average molecular weight is 325 g/mol. The van der Waals surface area contributed by atoms with Crippen molar-refractivity contribution >= 4 is 27.3 Å². The SMILES string of the molecule is CNCc1nc(-c2ccc(C)c(C)c2C)sc1Br. The number of aromatic nitrogens is 1. The molecule has 0 fully saturated rings. The number of hydrogen-bond donors (Lipinski definition) is 1. The lowest BCUT2D eigenvalue weighted by Crippen LogP contribution is -2.05. The van der Waals surface area contributed by atoms with E-state index in [0.29, 0.717) is 0 Å². The van der Waals surface area contributed by atoms with E-state index >= 15 is 0 Å². The van der Waals surface area contributed by atoms with Gasteiger partial charge in [-0.1, -0.05) is 12.1 Å². The van der Waals surface area contributed by atoms with Crippen LogP contribution in [-0.2, 0) is 6.54 Å². The summed E-state index contributed by atoms with van der Waals surface area (Å²) >= 11 is 5.29. The molecule has 96 valence electrons. The summed E-state index contributed by atoms with van der Waals surface area (Å²) in [5, 5.41) is 4.23. The smallest absolute Gasteiger partial charge is 0.125 e. The highest BCUT2D eigenvalue weighted by Crippen LogP contribution is 2.35. The molecule has 2 aromatic rings. The number of rotatable bonds is 3. The first kappa shape index (κ1) is 13.7. The molecule has 1 heterocycles. The topological polar surface area (TPSA) is 24.9 Å². The van der Waals surface area contributed by atoms with Gasteiger partial charge in [-0.05, 0) is 60.4 Å². The van der Waals surface area contributed by atoms with Gasteiger partial charge in [0.25, 0.3) is 0 Å². The Morgan fingerprint density at radius 2 is 1.94 bits per heavy atom. The van der Waals surface area contributed by atoms with Gasteiger partial charge in [0.15, 0.2) is 0 Å². The Morgan fingerprint density at radius 1 is 1.22 bits per heavy atom. The maximum Gasteiger partial charge on any atom is 0.125 e. The van der Waals surface area contributed by atoms with Gasteiger partial charge >= 0.3 is 0 Å². The Kier molecular flexibility index (Phi) is 4.20. The Hall–Kier alpha value is -0.710. The van der Waals surface area contributed by atoms with Crippen LogP contribution in [0.4, 0.5) is 0 Å². The minimum Gasteiger partial charge on any atom is -0.314 e. The summed E-state index contributed by atoms with van der Waals surface area (Å²) in [5.41, 5.74) is 6.34.